The van der Waals surface area contributed by atoms with Gasteiger partial charge in [-0.25, -0.2) is 4.39 Å². The summed E-state index contributed by atoms with van der Waals surface area (Å²) in [5, 5.41) is 19.7. The average Bonchev–Trinajstić information content (AvgIpc) is 3.01. The number of carbonyl (C=O) groups is 1. The van der Waals surface area contributed by atoms with Crippen LogP contribution in [0.3, 0.4) is 0 Å². The molecular weight excluding hydrogens is 295 g/mol. The van der Waals surface area contributed by atoms with Gasteiger partial charge in [-0.1, -0.05) is 0 Å². The van der Waals surface area contributed by atoms with Crippen LogP contribution in [-0.4, -0.2) is 45.4 Å². The molecule has 1 unspecified atom stereocenters. The topological polar surface area (TPSA) is 73.1 Å². The Morgan fingerprint density at radius 3 is 3.00 bits per heavy atom. The van der Waals surface area contributed by atoms with Crippen LogP contribution in [0, 0.1) is 5.82 Å². The summed E-state index contributed by atoms with van der Waals surface area (Å²) in [6, 6.07) is 3.55. The normalized spacial score (nSPS) is 24.0. The third kappa shape index (κ3) is 2.93. The fourth-order valence-corrected chi connectivity index (χ4v) is 3.17. The lowest BCUT2D eigenvalue weighted by Gasteiger charge is -2.15. The number of aliphatic imine (C=N–C) groups is 1. The molecule has 2 N–H and O–H groups in total. The summed E-state index contributed by atoms with van der Waals surface area (Å²) < 4.78 is 13.2. The van der Waals surface area contributed by atoms with Crippen LogP contribution < -0.4 is 0 Å². The van der Waals surface area contributed by atoms with E-state index < -0.39 is 17.8 Å². The number of aliphatic hydroxyl groups is 1. The van der Waals surface area contributed by atoms with Crippen LogP contribution in [0.15, 0.2) is 28.1 Å². The highest BCUT2D eigenvalue weighted by Gasteiger charge is 2.30. The minimum Gasteiger partial charge on any atom is -0.507 e. The predicted molar refractivity (Wildman–Crippen MR) is 78.3 cm³/mol. The number of rotatable bonds is 1. The number of likely N-dealkylation sites (tertiary alicyclic amines) is 1. The molecule has 1 fully saturated rings. The quantitative estimate of drug-likeness (QED) is 0.770. The molecule has 1 aromatic carbocycles. The molecule has 0 bridgehead atoms. The van der Waals surface area contributed by atoms with Gasteiger partial charge in [-0.3, -0.25) is 4.79 Å². The van der Waals surface area contributed by atoms with E-state index in [1.807, 2.05) is 4.90 Å². The molecule has 0 saturated carbocycles. The number of carbonyl (C=O) groups excluding carboxylic acids is 1. The Morgan fingerprint density at radius 1 is 1.48 bits per heavy atom. The van der Waals surface area contributed by atoms with Gasteiger partial charge in [0.2, 0.25) is 0 Å². The minimum absolute atomic E-state index is 0.0951. The molecule has 0 spiro atoms. The first-order valence-corrected chi connectivity index (χ1v) is 7.28. The van der Waals surface area contributed by atoms with Gasteiger partial charge in [-0.2, -0.15) is 4.99 Å². The van der Waals surface area contributed by atoms with E-state index in [9.17, 15) is 19.4 Å². The summed E-state index contributed by atoms with van der Waals surface area (Å²) in [6.07, 6.45) is 1.68. The highest BCUT2D eigenvalue weighted by Crippen LogP contribution is 2.33. The number of halogens is 1. The number of amides is 1. The van der Waals surface area contributed by atoms with Gasteiger partial charge in [0, 0.05) is 18.7 Å². The largest absolute Gasteiger partial charge is 0.507 e. The highest BCUT2D eigenvalue weighted by atomic mass is 32.2. The zero-order valence-corrected chi connectivity index (χ0v) is 11.8. The second-order valence-corrected chi connectivity index (χ2v) is 5.91. The summed E-state index contributed by atoms with van der Waals surface area (Å²) in [5.41, 5.74) is 0.240. The number of thioether (sulfide) groups is 1. The molecule has 2 aliphatic heterocycles. The molecule has 0 aliphatic carbocycles. The number of phenols is 1. The Labute approximate surface area is 124 Å². The number of aromatic hydroxyl groups is 1. The molecular formula is C14H13FN2O3S. The molecule has 7 heteroatoms. The van der Waals surface area contributed by atoms with Gasteiger partial charge in [0.25, 0.3) is 5.91 Å². The van der Waals surface area contributed by atoms with Gasteiger partial charge in [-0.15, -0.1) is 0 Å². The monoisotopic (exact) mass is 308 g/mol. The predicted octanol–water partition coefficient (Wildman–Crippen LogP) is 1.57. The van der Waals surface area contributed by atoms with Crippen molar-refractivity contribution in [2.24, 2.45) is 4.99 Å². The third-order valence-corrected chi connectivity index (χ3v) is 4.36. The van der Waals surface area contributed by atoms with Crippen molar-refractivity contribution < 1.29 is 19.4 Å². The Balaban J connectivity index is 1.81. The molecule has 1 amide bonds. The van der Waals surface area contributed by atoms with Crippen molar-refractivity contribution in [2.45, 2.75) is 12.5 Å². The fourth-order valence-electron chi connectivity index (χ4n) is 2.23. The van der Waals surface area contributed by atoms with Gasteiger partial charge in [0.05, 0.1) is 11.0 Å². The van der Waals surface area contributed by atoms with Crippen molar-refractivity contribution in [3.8, 4) is 5.75 Å². The van der Waals surface area contributed by atoms with Crippen LogP contribution in [0.5, 0.6) is 5.75 Å². The van der Waals surface area contributed by atoms with Crippen LogP contribution in [0.1, 0.15) is 12.0 Å². The minimum atomic E-state index is -0.487. The van der Waals surface area contributed by atoms with E-state index in [0.29, 0.717) is 29.6 Å². The molecule has 1 saturated heterocycles. The first kappa shape index (κ1) is 14.1. The maximum absolute atomic E-state index is 13.2. The van der Waals surface area contributed by atoms with E-state index in [1.54, 1.807) is 0 Å². The Kier molecular flexibility index (Phi) is 3.69. The Hall–Kier alpha value is -1.86. The number of amidine groups is 1. The zero-order valence-electron chi connectivity index (χ0n) is 11.0. The van der Waals surface area contributed by atoms with Crippen molar-refractivity contribution in [1.82, 2.24) is 4.90 Å². The van der Waals surface area contributed by atoms with Gasteiger partial charge >= 0.3 is 0 Å². The molecule has 1 atom stereocenters. The summed E-state index contributed by atoms with van der Waals surface area (Å²) in [7, 11) is 0. The fraction of sp³-hybridized carbons (Fsp3) is 0.286. The van der Waals surface area contributed by atoms with Crippen LogP contribution >= 0.6 is 11.8 Å². The van der Waals surface area contributed by atoms with Crippen molar-refractivity contribution in [3.63, 3.8) is 0 Å². The average molecular weight is 308 g/mol. The molecule has 110 valence electrons. The molecule has 0 radical (unpaired) electrons. The SMILES string of the molecule is O=C1N=C(N2CCC(O)C2)S/C1=C\c1cc(F)ccc1O. The van der Waals surface area contributed by atoms with E-state index in [4.69, 9.17) is 0 Å². The summed E-state index contributed by atoms with van der Waals surface area (Å²) in [5.74, 6) is -0.999. The number of phenolic OH excluding ortho intramolecular Hbond substituents is 1. The summed E-state index contributed by atoms with van der Waals surface area (Å²) >= 11 is 1.17. The number of nitrogens with zero attached hydrogens (tertiary/aromatic N) is 2. The Bertz CT molecular complexity index is 660. The second kappa shape index (κ2) is 5.50. The smallest absolute Gasteiger partial charge is 0.286 e. The van der Waals surface area contributed by atoms with Gasteiger partial charge in [0.1, 0.15) is 11.6 Å². The molecule has 2 heterocycles. The molecule has 3 rings (SSSR count). The molecule has 5 nitrogen and oxygen atoms in total. The molecule has 2 aliphatic rings. The highest BCUT2D eigenvalue weighted by molar-refractivity contribution is 8.18. The van der Waals surface area contributed by atoms with Crippen LogP contribution in [0.2, 0.25) is 0 Å². The number of hydrogen-bond acceptors (Lipinski definition) is 5. The number of aliphatic hydroxyl groups excluding tert-OH is 1. The van der Waals surface area contributed by atoms with Crippen LogP contribution in [-0.2, 0) is 4.79 Å². The summed E-state index contributed by atoms with van der Waals surface area (Å²) in [6.45, 7) is 1.11. The third-order valence-electron chi connectivity index (χ3n) is 3.32. The number of β-amino-alcohol motifs (C(OH)–C–C–N with tert-alkyl or cyclic N) is 1. The maximum Gasteiger partial charge on any atom is 0.286 e. The Morgan fingerprint density at radius 2 is 2.29 bits per heavy atom. The number of hydrogen-bond donors (Lipinski definition) is 2. The van der Waals surface area contributed by atoms with Crippen molar-refractivity contribution >= 4 is 28.9 Å². The van der Waals surface area contributed by atoms with Gasteiger partial charge in [0.15, 0.2) is 5.17 Å². The lowest BCUT2D eigenvalue weighted by molar-refractivity contribution is -0.113. The van der Waals surface area contributed by atoms with E-state index in [-0.39, 0.29) is 11.3 Å². The van der Waals surface area contributed by atoms with E-state index in [0.717, 1.165) is 12.1 Å². The van der Waals surface area contributed by atoms with Gasteiger partial charge in [-0.05, 0) is 42.5 Å². The molecule has 21 heavy (non-hydrogen) atoms. The first-order chi connectivity index (χ1) is 10.0. The van der Waals surface area contributed by atoms with Crippen LogP contribution in [0.4, 0.5) is 4.39 Å². The lowest BCUT2D eigenvalue weighted by atomic mass is 10.2. The van der Waals surface area contributed by atoms with Crippen LogP contribution in [0.25, 0.3) is 6.08 Å². The standard InChI is InChI=1S/C14H13FN2O3S/c15-9-1-2-11(19)8(5-9)6-12-13(20)16-14(21-12)17-4-3-10(18)7-17/h1-2,5-6,10,18-19H,3-4,7H2/b12-6-. The van der Waals surface area contributed by atoms with Crippen molar-refractivity contribution in [2.75, 3.05) is 13.1 Å². The van der Waals surface area contributed by atoms with E-state index >= 15 is 0 Å². The summed E-state index contributed by atoms with van der Waals surface area (Å²) in [4.78, 5) is 18.0. The molecule has 1 aromatic rings. The van der Waals surface area contributed by atoms with E-state index in [1.165, 1.54) is 23.9 Å². The van der Waals surface area contributed by atoms with E-state index in [2.05, 4.69) is 4.99 Å². The maximum atomic E-state index is 13.2. The van der Waals surface area contributed by atoms with Crippen molar-refractivity contribution in [1.29, 1.82) is 0 Å². The molecule has 0 aromatic heterocycles. The van der Waals surface area contributed by atoms with Gasteiger partial charge < -0.3 is 15.1 Å². The second-order valence-electron chi connectivity index (χ2n) is 4.90. The number of benzene rings is 1. The van der Waals surface area contributed by atoms with Crippen molar-refractivity contribution in [3.05, 3.63) is 34.5 Å². The zero-order chi connectivity index (χ0) is 15.0. The lowest BCUT2D eigenvalue weighted by Crippen LogP contribution is -2.26. The first-order valence-electron chi connectivity index (χ1n) is 6.47.